The zero-order valence-electron chi connectivity index (χ0n) is 22.6. The Morgan fingerprint density at radius 2 is 1.80 bits per heavy atom. The van der Waals surface area contributed by atoms with Gasteiger partial charge in [-0.3, -0.25) is 0 Å². The summed E-state index contributed by atoms with van der Waals surface area (Å²) in [5, 5.41) is 0. The van der Waals surface area contributed by atoms with Crippen LogP contribution in [-0.4, -0.2) is 51.4 Å². The molecule has 35 heavy (non-hydrogen) atoms. The minimum absolute atomic E-state index is 0.315. The highest BCUT2D eigenvalue weighted by Crippen LogP contribution is 2.38. The SMILES string of the molecule is CCCN(Cc1ncc(-c2ccc(B3OC(C)(C)C(C)(C)O3)c3c2CCC3)[nH]1)C(=O)OC(C)(C)C. The number of fused-ring (bicyclic) bond motifs is 1. The van der Waals surface area contributed by atoms with Gasteiger partial charge in [0.15, 0.2) is 0 Å². The molecule has 1 amide bonds. The van der Waals surface area contributed by atoms with E-state index in [4.69, 9.17) is 14.0 Å². The van der Waals surface area contributed by atoms with E-state index < -0.39 is 5.60 Å². The molecule has 2 heterocycles. The molecule has 1 saturated heterocycles. The third-order valence-corrected chi connectivity index (χ3v) is 7.23. The Hall–Kier alpha value is -2.32. The molecule has 1 fully saturated rings. The molecule has 1 aromatic carbocycles. The third kappa shape index (κ3) is 5.28. The van der Waals surface area contributed by atoms with Crippen molar-refractivity contribution in [3.05, 3.63) is 35.3 Å². The Bertz CT molecular complexity index is 1070. The number of benzene rings is 1. The second-order valence-electron chi connectivity index (χ2n) is 11.7. The molecule has 7 nitrogen and oxygen atoms in total. The number of ether oxygens (including phenoxy) is 1. The minimum atomic E-state index is -0.531. The number of nitrogens with one attached hydrogen (secondary N) is 1. The Morgan fingerprint density at radius 1 is 1.14 bits per heavy atom. The number of amides is 1. The molecule has 8 heteroatoms. The first-order chi connectivity index (χ1) is 16.3. The standard InChI is InChI=1S/C27H40BN3O4/c1-9-15-31(24(32)33-25(2,3)4)17-23-29-16-22(30-23)20-13-14-21(19-12-10-11-18(19)20)28-34-26(5,6)27(7,8)35-28/h13-14,16H,9-12,15,17H2,1-8H3,(H,29,30). The van der Waals surface area contributed by atoms with Crippen LogP contribution in [0.15, 0.2) is 18.3 Å². The lowest BCUT2D eigenvalue weighted by Gasteiger charge is -2.32. The van der Waals surface area contributed by atoms with Gasteiger partial charge in [-0.1, -0.05) is 19.1 Å². The maximum absolute atomic E-state index is 12.7. The second kappa shape index (κ2) is 9.28. The van der Waals surface area contributed by atoms with Crippen LogP contribution in [0.1, 0.15) is 85.2 Å². The van der Waals surface area contributed by atoms with Gasteiger partial charge in [0.2, 0.25) is 0 Å². The molecule has 2 aliphatic rings. The molecule has 190 valence electrons. The molecule has 0 spiro atoms. The molecular formula is C27H40BN3O4. The average Bonchev–Trinajstić information content (AvgIpc) is 3.44. The molecule has 0 unspecified atom stereocenters. The summed E-state index contributed by atoms with van der Waals surface area (Å²) in [6.07, 6.45) is 5.56. The van der Waals surface area contributed by atoms with Crippen molar-refractivity contribution in [1.29, 1.82) is 0 Å². The minimum Gasteiger partial charge on any atom is -0.444 e. The fraction of sp³-hybridized carbons (Fsp3) is 0.630. The summed E-state index contributed by atoms with van der Waals surface area (Å²) in [6.45, 7) is 17.1. The molecule has 2 aromatic rings. The second-order valence-corrected chi connectivity index (χ2v) is 11.7. The van der Waals surface area contributed by atoms with Crippen LogP contribution in [0.3, 0.4) is 0 Å². The summed E-state index contributed by atoms with van der Waals surface area (Å²) < 4.78 is 18.3. The number of rotatable bonds is 6. The fourth-order valence-corrected chi connectivity index (χ4v) is 4.77. The van der Waals surface area contributed by atoms with Crippen molar-refractivity contribution in [2.45, 2.75) is 104 Å². The normalized spacial score (nSPS) is 18.6. The Kier molecular flexibility index (Phi) is 6.84. The van der Waals surface area contributed by atoms with Crippen molar-refractivity contribution in [3.8, 4) is 11.3 Å². The maximum Gasteiger partial charge on any atom is 0.495 e. The van der Waals surface area contributed by atoms with Crippen LogP contribution in [-0.2, 0) is 33.4 Å². The first-order valence-corrected chi connectivity index (χ1v) is 12.8. The molecule has 0 bridgehead atoms. The molecule has 1 aliphatic carbocycles. The van der Waals surface area contributed by atoms with Crippen LogP contribution < -0.4 is 5.46 Å². The van der Waals surface area contributed by atoms with Crippen LogP contribution in [0.4, 0.5) is 4.79 Å². The molecule has 4 rings (SSSR count). The Morgan fingerprint density at radius 3 is 2.43 bits per heavy atom. The quantitative estimate of drug-likeness (QED) is 0.587. The van der Waals surface area contributed by atoms with Crippen LogP contribution in [0.5, 0.6) is 0 Å². The maximum atomic E-state index is 12.7. The van der Waals surface area contributed by atoms with Crippen molar-refractivity contribution in [3.63, 3.8) is 0 Å². The summed E-state index contributed by atoms with van der Waals surface area (Å²) in [5.41, 5.74) is 4.69. The van der Waals surface area contributed by atoms with E-state index in [1.165, 1.54) is 11.1 Å². The summed E-state index contributed by atoms with van der Waals surface area (Å²) in [4.78, 5) is 22.4. The van der Waals surface area contributed by atoms with Crippen molar-refractivity contribution >= 4 is 18.7 Å². The van der Waals surface area contributed by atoms with E-state index >= 15 is 0 Å². The van der Waals surface area contributed by atoms with Crippen LogP contribution in [0, 0.1) is 0 Å². The van der Waals surface area contributed by atoms with Crippen LogP contribution in [0.2, 0.25) is 0 Å². The van der Waals surface area contributed by atoms with E-state index in [9.17, 15) is 4.79 Å². The van der Waals surface area contributed by atoms with Gasteiger partial charge in [0, 0.05) is 12.1 Å². The van der Waals surface area contributed by atoms with Crippen molar-refractivity contribution in [2.75, 3.05) is 6.54 Å². The monoisotopic (exact) mass is 481 g/mol. The summed E-state index contributed by atoms with van der Waals surface area (Å²) in [7, 11) is -0.352. The largest absolute Gasteiger partial charge is 0.495 e. The molecule has 0 atom stereocenters. The molecular weight excluding hydrogens is 441 g/mol. The van der Waals surface area contributed by atoms with Gasteiger partial charge in [-0.15, -0.1) is 0 Å². The van der Waals surface area contributed by atoms with Gasteiger partial charge in [0.25, 0.3) is 0 Å². The molecule has 1 aromatic heterocycles. The average molecular weight is 481 g/mol. The molecule has 0 radical (unpaired) electrons. The van der Waals surface area contributed by atoms with Gasteiger partial charge in [0.05, 0.1) is 29.6 Å². The highest BCUT2D eigenvalue weighted by molar-refractivity contribution is 6.62. The van der Waals surface area contributed by atoms with Gasteiger partial charge in [0.1, 0.15) is 11.4 Å². The van der Waals surface area contributed by atoms with Crippen molar-refractivity contribution in [2.24, 2.45) is 0 Å². The van der Waals surface area contributed by atoms with E-state index in [1.54, 1.807) is 4.90 Å². The smallest absolute Gasteiger partial charge is 0.444 e. The Balaban J connectivity index is 1.57. The number of imidazole rings is 1. The molecule has 0 saturated carbocycles. The molecule has 1 aliphatic heterocycles. The van der Waals surface area contributed by atoms with E-state index in [1.807, 2.05) is 27.0 Å². The van der Waals surface area contributed by atoms with Gasteiger partial charge >= 0.3 is 13.2 Å². The highest BCUT2D eigenvalue weighted by atomic mass is 16.7. The number of hydrogen-bond acceptors (Lipinski definition) is 5. The lowest BCUT2D eigenvalue weighted by Crippen LogP contribution is -2.41. The van der Waals surface area contributed by atoms with Crippen LogP contribution >= 0.6 is 0 Å². The number of aromatic amines is 1. The zero-order valence-corrected chi connectivity index (χ0v) is 22.6. The van der Waals surface area contributed by atoms with E-state index in [0.717, 1.165) is 48.2 Å². The predicted molar refractivity (Wildman–Crippen MR) is 139 cm³/mol. The Labute approximate surface area is 210 Å². The third-order valence-electron chi connectivity index (χ3n) is 7.23. The number of aromatic nitrogens is 2. The highest BCUT2D eigenvalue weighted by Gasteiger charge is 2.52. The van der Waals surface area contributed by atoms with Gasteiger partial charge in [-0.2, -0.15) is 0 Å². The number of carbonyl (C=O) groups is 1. The van der Waals surface area contributed by atoms with Crippen molar-refractivity contribution < 1.29 is 18.8 Å². The van der Waals surface area contributed by atoms with E-state index in [0.29, 0.717) is 13.1 Å². The van der Waals surface area contributed by atoms with Crippen molar-refractivity contribution in [1.82, 2.24) is 14.9 Å². The lowest BCUT2D eigenvalue weighted by atomic mass is 9.74. The molecule has 1 N–H and O–H groups in total. The van der Waals surface area contributed by atoms with Crippen LogP contribution in [0.25, 0.3) is 11.3 Å². The summed E-state index contributed by atoms with van der Waals surface area (Å²) >= 11 is 0. The van der Waals surface area contributed by atoms with Gasteiger partial charge < -0.3 is 23.9 Å². The lowest BCUT2D eigenvalue weighted by molar-refractivity contribution is 0.00578. The summed E-state index contributed by atoms with van der Waals surface area (Å²) in [5.74, 6) is 0.751. The summed E-state index contributed by atoms with van der Waals surface area (Å²) in [6, 6.07) is 4.30. The number of nitrogens with zero attached hydrogens (tertiary/aromatic N) is 2. The number of carbonyl (C=O) groups excluding carboxylic acids is 1. The van der Waals surface area contributed by atoms with E-state index in [2.05, 4.69) is 56.7 Å². The first-order valence-electron chi connectivity index (χ1n) is 12.8. The van der Waals surface area contributed by atoms with E-state index in [-0.39, 0.29) is 24.4 Å². The van der Waals surface area contributed by atoms with Gasteiger partial charge in [-0.25, -0.2) is 9.78 Å². The number of hydrogen-bond donors (Lipinski definition) is 1. The zero-order chi connectivity index (χ0) is 25.6. The number of H-pyrrole nitrogens is 1. The topological polar surface area (TPSA) is 76.7 Å². The van der Waals surface area contributed by atoms with Gasteiger partial charge in [-0.05, 0) is 90.7 Å². The fourth-order valence-electron chi connectivity index (χ4n) is 4.77. The first kappa shape index (κ1) is 25.8. The predicted octanol–water partition coefficient (Wildman–Crippen LogP) is 5.01.